The first-order chi connectivity index (χ1) is 6.63. The van der Waals surface area contributed by atoms with Gasteiger partial charge >= 0.3 is 5.97 Å². The second kappa shape index (κ2) is 8.05. The lowest BCUT2D eigenvalue weighted by atomic mass is 10.1. The van der Waals surface area contributed by atoms with Crippen LogP contribution in [-0.4, -0.2) is 42.0 Å². The number of carbonyl (C=O) groups excluding carboxylic acids is 1. The number of hydrogen-bond acceptors (Lipinski definition) is 4. The molecule has 0 radical (unpaired) electrons. The molecule has 0 bridgehead atoms. The van der Waals surface area contributed by atoms with Crippen molar-refractivity contribution in [3.8, 4) is 0 Å². The number of aliphatic hydroxyl groups excluding tert-OH is 1. The lowest BCUT2D eigenvalue weighted by Gasteiger charge is -2.13. The highest BCUT2D eigenvalue weighted by atomic mass is 32.2. The Morgan fingerprint density at radius 2 is 2.29 bits per heavy atom. The Bertz CT molecular complexity index is 166. The third-order valence-corrected chi connectivity index (χ3v) is 2.39. The molecule has 0 saturated heterocycles. The Kier molecular flexibility index (Phi) is 7.89. The van der Waals surface area contributed by atoms with Crippen LogP contribution in [0.3, 0.4) is 0 Å². The van der Waals surface area contributed by atoms with Crippen molar-refractivity contribution in [2.45, 2.75) is 32.0 Å². The van der Waals surface area contributed by atoms with E-state index >= 15 is 0 Å². The summed E-state index contributed by atoms with van der Waals surface area (Å²) in [4.78, 5) is 10.9. The normalized spacial score (nSPS) is 14.9. The number of halogens is 1. The first kappa shape index (κ1) is 13.7. The van der Waals surface area contributed by atoms with E-state index in [9.17, 15) is 14.3 Å². The number of hydrogen-bond donors (Lipinski definition) is 1. The third-order valence-electron chi connectivity index (χ3n) is 1.70. The van der Waals surface area contributed by atoms with Gasteiger partial charge in [-0.1, -0.05) is 0 Å². The second-order valence-electron chi connectivity index (χ2n) is 2.86. The van der Waals surface area contributed by atoms with Crippen LogP contribution in [0.4, 0.5) is 4.39 Å². The zero-order valence-electron chi connectivity index (χ0n) is 8.53. The van der Waals surface area contributed by atoms with E-state index in [-0.39, 0.29) is 6.61 Å². The summed E-state index contributed by atoms with van der Waals surface area (Å²) < 4.78 is 17.5. The topological polar surface area (TPSA) is 46.5 Å². The highest BCUT2D eigenvalue weighted by Gasteiger charge is 2.26. The number of rotatable bonds is 7. The van der Waals surface area contributed by atoms with Gasteiger partial charge in [0.1, 0.15) is 0 Å². The van der Waals surface area contributed by atoms with Gasteiger partial charge in [0.15, 0.2) is 0 Å². The maximum absolute atomic E-state index is 13.1. The molecule has 84 valence electrons. The molecule has 0 heterocycles. The van der Waals surface area contributed by atoms with E-state index in [0.29, 0.717) is 12.8 Å². The molecule has 0 aliphatic carbocycles. The molecule has 1 N–H and O–H groups in total. The summed E-state index contributed by atoms with van der Waals surface area (Å²) in [5.41, 5.74) is 0. The number of ether oxygens (including phenoxy) is 1. The zero-order valence-corrected chi connectivity index (χ0v) is 9.35. The van der Waals surface area contributed by atoms with E-state index in [0.717, 1.165) is 5.75 Å². The molecule has 0 aromatic carbocycles. The van der Waals surface area contributed by atoms with Gasteiger partial charge in [-0.3, -0.25) is 0 Å². The number of esters is 1. The molecule has 2 atom stereocenters. The summed E-state index contributed by atoms with van der Waals surface area (Å²) in [6, 6.07) is 0. The van der Waals surface area contributed by atoms with Crippen molar-refractivity contribution in [2.75, 3.05) is 18.6 Å². The summed E-state index contributed by atoms with van der Waals surface area (Å²) >= 11 is 1.62. The summed E-state index contributed by atoms with van der Waals surface area (Å²) in [7, 11) is 0. The van der Waals surface area contributed by atoms with E-state index in [2.05, 4.69) is 4.74 Å². The van der Waals surface area contributed by atoms with Crippen LogP contribution < -0.4 is 0 Å². The fraction of sp³-hybridized carbons (Fsp3) is 0.889. The summed E-state index contributed by atoms with van der Waals surface area (Å²) in [5, 5.41) is 9.26. The van der Waals surface area contributed by atoms with Gasteiger partial charge in [0, 0.05) is 0 Å². The molecule has 0 aromatic heterocycles. The number of carbonyl (C=O) groups is 1. The van der Waals surface area contributed by atoms with Gasteiger partial charge in [-0.2, -0.15) is 11.8 Å². The molecule has 0 saturated carbocycles. The van der Waals surface area contributed by atoms with E-state index in [4.69, 9.17) is 0 Å². The molecular weight excluding hydrogens is 207 g/mol. The number of aliphatic hydroxyl groups is 1. The van der Waals surface area contributed by atoms with Gasteiger partial charge in [-0.25, -0.2) is 9.18 Å². The van der Waals surface area contributed by atoms with Crippen molar-refractivity contribution in [3.63, 3.8) is 0 Å². The van der Waals surface area contributed by atoms with Crippen LogP contribution in [0.2, 0.25) is 0 Å². The van der Waals surface area contributed by atoms with Crippen LogP contribution in [0.5, 0.6) is 0 Å². The van der Waals surface area contributed by atoms with E-state index in [1.807, 2.05) is 6.26 Å². The highest BCUT2D eigenvalue weighted by molar-refractivity contribution is 7.98. The molecular formula is C9H17FO3S. The maximum atomic E-state index is 13.1. The minimum Gasteiger partial charge on any atom is -0.464 e. The fourth-order valence-corrected chi connectivity index (χ4v) is 1.42. The van der Waals surface area contributed by atoms with Gasteiger partial charge in [0.05, 0.1) is 12.7 Å². The van der Waals surface area contributed by atoms with Gasteiger partial charge in [0.2, 0.25) is 6.17 Å². The molecule has 0 amide bonds. The highest BCUT2D eigenvalue weighted by Crippen LogP contribution is 2.10. The monoisotopic (exact) mass is 224 g/mol. The van der Waals surface area contributed by atoms with Gasteiger partial charge in [-0.15, -0.1) is 0 Å². The Morgan fingerprint density at radius 1 is 1.64 bits per heavy atom. The average Bonchev–Trinajstić information content (AvgIpc) is 2.17. The molecule has 14 heavy (non-hydrogen) atoms. The van der Waals surface area contributed by atoms with E-state index in [1.165, 1.54) is 0 Å². The quantitative estimate of drug-likeness (QED) is 0.524. The van der Waals surface area contributed by atoms with Gasteiger partial charge < -0.3 is 9.84 Å². The van der Waals surface area contributed by atoms with Gasteiger partial charge in [-0.05, 0) is 31.8 Å². The molecule has 0 aliphatic rings. The molecule has 0 rings (SSSR count). The smallest absolute Gasteiger partial charge is 0.343 e. The molecule has 0 spiro atoms. The van der Waals surface area contributed by atoms with Gasteiger partial charge in [0.25, 0.3) is 0 Å². The predicted molar refractivity (Wildman–Crippen MR) is 55.2 cm³/mol. The van der Waals surface area contributed by atoms with Crippen LogP contribution in [0.15, 0.2) is 0 Å². The molecule has 0 fully saturated rings. The van der Waals surface area contributed by atoms with Crippen LogP contribution >= 0.6 is 11.8 Å². The Labute approximate surface area is 88.0 Å². The van der Waals surface area contributed by atoms with Crippen molar-refractivity contribution in [1.82, 2.24) is 0 Å². The largest absolute Gasteiger partial charge is 0.464 e. The number of thioether (sulfide) groups is 1. The Hall–Kier alpha value is -0.290. The third kappa shape index (κ3) is 5.44. The Balaban J connectivity index is 3.74. The summed E-state index contributed by atoms with van der Waals surface area (Å²) in [6.45, 7) is 1.74. The molecule has 0 aliphatic heterocycles. The second-order valence-corrected chi connectivity index (χ2v) is 3.84. The Morgan fingerprint density at radius 3 is 2.79 bits per heavy atom. The van der Waals surface area contributed by atoms with Crippen molar-refractivity contribution in [3.05, 3.63) is 0 Å². The minimum absolute atomic E-state index is 0.136. The molecule has 2 unspecified atom stereocenters. The molecule has 3 nitrogen and oxygen atoms in total. The molecule has 0 aromatic rings. The lowest BCUT2D eigenvalue weighted by molar-refractivity contribution is -0.153. The SMILES string of the molecule is CCOC(=O)C(F)C(O)CCCSC. The maximum Gasteiger partial charge on any atom is 0.343 e. The number of alkyl halides is 1. The van der Waals surface area contributed by atoms with E-state index < -0.39 is 18.2 Å². The predicted octanol–water partition coefficient (Wildman–Crippen LogP) is 1.39. The van der Waals surface area contributed by atoms with Crippen LogP contribution in [-0.2, 0) is 9.53 Å². The standard InChI is InChI=1S/C9H17FO3S/c1-3-13-9(12)8(10)7(11)5-4-6-14-2/h7-8,11H,3-6H2,1-2H3. The van der Waals surface area contributed by atoms with Crippen molar-refractivity contribution < 1.29 is 19.0 Å². The minimum atomic E-state index is -1.91. The van der Waals surface area contributed by atoms with Crippen LogP contribution in [0, 0.1) is 0 Å². The summed E-state index contributed by atoms with van der Waals surface area (Å²) in [6.07, 6.45) is -0.216. The van der Waals surface area contributed by atoms with E-state index in [1.54, 1.807) is 18.7 Å². The lowest BCUT2D eigenvalue weighted by Crippen LogP contribution is -2.31. The van der Waals surface area contributed by atoms with Crippen molar-refractivity contribution in [1.29, 1.82) is 0 Å². The summed E-state index contributed by atoms with van der Waals surface area (Å²) in [5.74, 6) is -0.115. The zero-order chi connectivity index (χ0) is 11.0. The first-order valence-electron chi connectivity index (χ1n) is 4.61. The fourth-order valence-electron chi connectivity index (χ4n) is 0.962. The van der Waals surface area contributed by atoms with Crippen LogP contribution in [0.1, 0.15) is 19.8 Å². The molecule has 5 heteroatoms. The van der Waals surface area contributed by atoms with Crippen molar-refractivity contribution in [2.24, 2.45) is 0 Å². The average molecular weight is 224 g/mol. The first-order valence-corrected chi connectivity index (χ1v) is 6.00. The van der Waals surface area contributed by atoms with Crippen LogP contribution in [0.25, 0.3) is 0 Å². The van der Waals surface area contributed by atoms with Crippen molar-refractivity contribution >= 4 is 17.7 Å².